The lowest BCUT2D eigenvalue weighted by Crippen LogP contribution is -2.14. The number of nitriles is 1. The van der Waals surface area contributed by atoms with Crippen LogP contribution in [0.2, 0.25) is 0 Å². The maximum absolute atomic E-state index is 8.18. The van der Waals surface area contributed by atoms with Crippen molar-refractivity contribution >= 4 is 0 Å². The summed E-state index contributed by atoms with van der Waals surface area (Å²) in [7, 11) is 1.84. The van der Waals surface area contributed by atoms with Gasteiger partial charge in [0.15, 0.2) is 0 Å². The van der Waals surface area contributed by atoms with Crippen molar-refractivity contribution in [2.24, 2.45) is 5.92 Å². The van der Waals surface area contributed by atoms with Crippen LogP contribution in [0, 0.1) is 17.2 Å². The second kappa shape index (κ2) is 3.63. The molecule has 0 bridgehead atoms. The third-order valence-corrected chi connectivity index (χ3v) is 0.731. The Labute approximate surface area is 44.1 Å². The summed E-state index contributed by atoms with van der Waals surface area (Å²) in [5, 5.41) is 11.1. The molecule has 0 unspecified atom stereocenters. The molecule has 0 saturated carbocycles. The zero-order chi connectivity index (χ0) is 5.70. The Morgan fingerprint density at radius 2 is 2.43 bits per heavy atom. The Morgan fingerprint density at radius 1 is 1.86 bits per heavy atom. The van der Waals surface area contributed by atoms with Gasteiger partial charge in [-0.2, -0.15) is 5.26 Å². The van der Waals surface area contributed by atoms with Gasteiger partial charge in [0.05, 0.1) is 12.0 Å². The fourth-order valence-corrected chi connectivity index (χ4v) is 0.352. The van der Waals surface area contributed by atoms with Gasteiger partial charge in [-0.15, -0.1) is 0 Å². The lowest BCUT2D eigenvalue weighted by Gasteiger charge is -1.95. The van der Waals surface area contributed by atoms with Crippen LogP contribution in [-0.4, -0.2) is 13.6 Å². The van der Waals surface area contributed by atoms with Gasteiger partial charge in [0.1, 0.15) is 0 Å². The molecule has 0 aliphatic heterocycles. The normalized spacial score (nSPS) is 12.7. The number of nitrogens with one attached hydrogen (secondary N) is 1. The Kier molecular flexibility index (Phi) is 3.35. The molecule has 7 heavy (non-hydrogen) atoms. The van der Waals surface area contributed by atoms with Crippen molar-refractivity contribution in [2.45, 2.75) is 6.92 Å². The second-order valence-electron chi connectivity index (χ2n) is 1.59. The molecule has 0 aromatic carbocycles. The monoisotopic (exact) mass is 98.1 g/mol. The summed E-state index contributed by atoms with van der Waals surface area (Å²) >= 11 is 0. The quantitative estimate of drug-likeness (QED) is 0.541. The number of hydrogen-bond acceptors (Lipinski definition) is 2. The first-order valence-corrected chi connectivity index (χ1v) is 2.35. The van der Waals surface area contributed by atoms with Crippen LogP contribution in [0.1, 0.15) is 6.92 Å². The highest BCUT2D eigenvalue weighted by atomic mass is 14.8. The number of hydrogen-bond donors (Lipinski definition) is 1. The smallest absolute Gasteiger partial charge is 0.0666 e. The predicted molar refractivity (Wildman–Crippen MR) is 28.7 cm³/mol. The number of nitrogens with zero attached hydrogens (tertiary/aromatic N) is 1. The van der Waals surface area contributed by atoms with Gasteiger partial charge in [-0.05, 0) is 14.0 Å². The number of rotatable bonds is 2. The molecule has 0 aliphatic carbocycles. The average molecular weight is 98.1 g/mol. The van der Waals surface area contributed by atoms with Crippen LogP contribution in [-0.2, 0) is 0 Å². The Bertz CT molecular complexity index is 72.6. The minimum Gasteiger partial charge on any atom is -0.318 e. The fraction of sp³-hybridized carbons (Fsp3) is 0.800. The van der Waals surface area contributed by atoms with Crippen molar-refractivity contribution in [3.8, 4) is 6.07 Å². The third-order valence-electron chi connectivity index (χ3n) is 0.731. The summed E-state index contributed by atoms with van der Waals surface area (Å²) in [5.74, 6) is 0.144. The topological polar surface area (TPSA) is 35.8 Å². The van der Waals surface area contributed by atoms with Crippen LogP contribution in [0.4, 0.5) is 0 Å². The van der Waals surface area contributed by atoms with Crippen molar-refractivity contribution in [1.29, 1.82) is 5.26 Å². The summed E-state index contributed by atoms with van der Waals surface area (Å²) in [6, 6.07) is 2.10. The molecule has 0 heterocycles. The van der Waals surface area contributed by atoms with Crippen LogP contribution < -0.4 is 5.32 Å². The van der Waals surface area contributed by atoms with Crippen LogP contribution in [0.5, 0.6) is 0 Å². The zero-order valence-electron chi connectivity index (χ0n) is 4.73. The lowest BCUT2D eigenvalue weighted by molar-refractivity contribution is 0.661. The average Bonchev–Trinajstić information content (AvgIpc) is 1.68. The highest BCUT2D eigenvalue weighted by molar-refractivity contribution is 4.79. The largest absolute Gasteiger partial charge is 0.318 e. The summed E-state index contributed by atoms with van der Waals surface area (Å²) in [6.07, 6.45) is 0. The molecule has 0 saturated heterocycles. The summed E-state index contributed by atoms with van der Waals surface area (Å²) < 4.78 is 0. The van der Waals surface area contributed by atoms with Crippen LogP contribution >= 0.6 is 0 Å². The van der Waals surface area contributed by atoms with Gasteiger partial charge in [-0.3, -0.25) is 0 Å². The second-order valence-corrected chi connectivity index (χ2v) is 1.59. The SMILES string of the molecule is CNC[C@@H](C)C#N. The van der Waals surface area contributed by atoms with Gasteiger partial charge in [0, 0.05) is 6.54 Å². The van der Waals surface area contributed by atoms with Gasteiger partial charge in [0.2, 0.25) is 0 Å². The Hall–Kier alpha value is -0.550. The van der Waals surface area contributed by atoms with E-state index in [9.17, 15) is 0 Å². The molecule has 2 heteroatoms. The van der Waals surface area contributed by atoms with Crippen LogP contribution in [0.15, 0.2) is 0 Å². The molecule has 0 rings (SSSR count). The fourth-order valence-electron chi connectivity index (χ4n) is 0.352. The van der Waals surface area contributed by atoms with Crippen LogP contribution in [0.25, 0.3) is 0 Å². The molecule has 0 aromatic heterocycles. The van der Waals surface area contributed by atoms with E-state index in [1.807, 2.05) is 14.0 Å². The highest BCUT2D eigenvalue weighted by Crippen LogP contribution is 1.84. The van der Waals surface area contributed by atoms with Gasteiger partial charge in [0.25, 0.3) is 0 Å². The van der Waals surface area contributed by atoms with Crippen LogP contribution in [0.3, 0.4) is 0 Å². The molecular formula is C5H10N2. The van der Waals surface area contributed by atoms with E-state index in [4.69, 9.17) is 5.26 Å². The molecule has 2 nitrogen and oxygen atoms in total. The van der Waals surface area contributed by atoms with E-state index in [-0.39, 0.29) is 5.92 Å². The van der Waals surface area contributed by atoms with E-state index >= 15 is 0 Å². The van der Waals surface area contributed by atoms with Gasteiger partial charge < -0.3 is 5.32 Å². The van der Waals surface area contributed by atoms with Gasteiger partial charge >= 0.3 is 0 Å². The molecule has 1 atom stereocenters. The molecule has 0 fully saturated rings. The van der Waals surface area contributed by atoms with Crippen molar-refractivity contribution in [3.05, 3.63) is 0 Å². The molecule has 1 N–H and O–H groups in total. The lowest BCUT2D eigenvalue weighted by atomic mass is 10.2. The van der Waals surface area contributed by atoms with E-state index < -0.39 is 0 Å². The van der Waals surface area contributed by atoms with E-state index in [0.717, 1.165) is 6.54 Å². The standard InChI is InChI=1S/C5H10N2/c1-5(3-6)4-7-2/h5,7H,4H2,1-2H3/t5-/m0/s1. The molecule has 0 amide bonds. The van der Waals surface area contributed by atoms with Crippen molar-refractivity contribution in [2.75, 3.05) is 13.6 Å². The minimum atomic E-state index is 0.144. The molecule has 0 spiro atoms. The van der Waals surface area contributed by atoms with Crippen molar-refractivity contribution < 1.29 is 0 Å². The van der Waals surface area contributed by atoms with E-state index in [2.05, 4.69) is 11.4 Å². The van der Waals surface area contributed by atoms with E-state index in [1.165, 1.54) is 0 Å². The molecule has 0 aliphatic rings. The van der Waals surface area contributed by atoms with Gasteiger partial charge in [-0.1, -0.05) is 0 Å². The van der Waals surface area contributed by atoms with E-state index in [0.29, 0.717) is 0 Å². The maximum Gasteiger partial charge on any atom is 0.0666 e. The minimum absolute atomic E-state index is 0.144. The zero-order valence-corrected chi connectivity index (χ0v) is 4.73. The summed E-state index contributed by atoms with van der Waals surface area (Å²) in [5.41, 5.74) is 0. The Morgan fingerprint density at radius 3 is 2.57 bits per heavy atom. The van der Waals surface area contributed by atoms with Gasteiger partial charge in [-0.25, -0.2) is 0 Å². The summed E-state index contributed by atoms with van der Waals surface area (Å²) in [6.45, 7) is 2.67. The third kappa shape index (κ3) is 3.28. The van der Waals surface area contributed by atoms with Crippen molar-refractivity contribution in [3.63, 3.8) is 0 Å². The first-order valence-electron chi connectivity index (χ1n) is 2.35. The molecule has 0 aromatic rings. The van der Waals surface area contributed by atoms with Crippen molar-refractivity contribution in [1.82, 2.24) is 5.32 Å². The predicted octanol–water partition coefficient (Wildman–Crippen LogP) is 0.365. The molecule has 0 radical (unpaired) electrons. The van der Waals surface area contributed by atoms with E-state index in [1.54, 1.807) is 0 Å². The molecule has 40 valence electrons. The first-order chi connectivity index (χ1) is 3.31. The molecular weight excluding hydrogens is 88.1 g/mol. The highest BCUT2D eigenvalue weighted by Gasteiger charge is 1.92. The summed E-state index contributed by atoms with van der Waals surface area (Å²) in [4.78, 5) is 0. The maximum atomic E-state index is 8.18. The Balaban J connectivity index is 3.04. The first kappa shape index (κ1) is 6.45.